The summed E-state index contributed by atoms with van der Waals surface area (Å²) in [5.74, 6) is -4.77. The average molecular weight is 707 g/mol. The van der Waals surface area contributed by atoms with Gasteiger partial charge in [0.25, 0.3) is 0 Å². The Labute approximate surface area is 299 Å². The number of likely N-dealkylation sites (tertiary alicyclic amines) is 1. The molecule has 5 rings (SSSR count). The van der Waals surface area contributed by atoms with Crippen LogP contribution in [0.1, 0.15) is 87.5 Å². The number of benzene rings is 3. The van der Waals surface area contributed by atoms with E-state index in [2.05, 4.69) is 58.7 Å². The molecule has 0 bridgehead atoms. The van der Waals surface area contributed by atoms with Crippen LogP contribution in [0.25, 0.3) is 0 Å². The number of carboxylic acids is 2. The van der Waals surface area contributed by atoms with E-state index in [-0.39, 0.29) is 36.8 Å². The van der Waals surface area contributed by atoms with Crippen LogP contribution in [0.5, 0.6) is 0 Å². The minimum atomic E-state index is -4.83. The lowest BCUT2D eigenvalue weighted by Gasteiger charge is -2.62. The van der Waals surface area contributed by atoms with Crippen molar-refractivity contribution in [2.75, 3.05) is 32.8 Å². The highest BCUT2D eigenvalue weighted by Gasteiger charge is 2.62. The van der Waals surface area contributed by atoms with Crippen LogP contribution in [0, 0.1) is 10.8 Å². The van der Waals surface area contributed by atoms with E-state index in [9.17, 15) is 33.0 Å². The Morgan fingerprint density at radius 1 is 0.804 bits per heavy atom. The summed E-state index contributed by atoms with van der Waals surface area (Å²) in [5.41, 5.74) is -2.77. The van der Waals surface area contributed by atoms with Gasteiger partial charge in [0.15, 0.2) is 0 Å². The fourth-order valence-electron chi connectivity index (χ4n) is 9.28. The topological polar surface area (TPSA) is 105 Å². The number of aliphatic carboxylic acids is 2. The highest BCUT2D eigenvalue weighted by atomic mass is 19.4. The van der Waals surface area contributed by atoms with Gasteiger partial charge in [0, 0.05) is 65.9 Å². The maximum atomic E-state index is 14.4. The summed E-state index contributed by atoms with van der Waals surface area (Å²) in [5, 5.41) is 29.3. The zero-order chi connectivity index (χ0) is 36.9. The van der Waals surface area contributed by atoms with Crippen molar-refractivity contribution in [1.82, 2.24) is 10.2 Å². The number of rotatable bonds is 14. The standard InChI is InChI=1S/C41H51F3N2O5/c1-4-39(36(47)48)29(2)45-30(3)40(37(49)50,35(39)33-19-11-12-20-34(33)41(42,43)44)21-13-27-51-28-14-24-46-25-22-38(23-26-46,31-15-7-5-8-16-31)32-17-9-6-10-18-32/h5-12,15-20,29-30,35,45H,4,13-14,21-28H2,1-3H3,(H,47,48)(H,49,50)/p-2/t29-,30?,35?,39?,40?/m1/s1. The quantitative estimate of drug-likeness (QED) is 0.227. The van der Waals surface area contributed by atoms with Crippen LogP contribution in [0.2, 0.25) is 0 Å². The van der Waals surface area contributed by atoms with Gasteiger partial charge in [0.2, 0.25) is 0 Å². The van der Waals surface area contributed by atoms with Crippen molar-refractivity contribution < 1.29 is 37.7 Å². The Kier molecular flexibility index (Phi) is 12.0. The maximum Gasteiger partial charge on any atom is 0.416 e. The van der Waals surface area contributed by atoms with Crippen LogP contribution in [0.15, 0.2) is 84.9 Å². The van der Waals surface area contributed by atoms with Gasteiger partial charge in [-0.2, -0.15) is 13.2 Å². The molecule has 0 amide bonds. The number of hydrogen-bond acceptors (Lipinski definition) is 7. The molecular formula is C41H49F3N2O5-2. The Balaban J connectivity index is 1.24. The van der Waals surface area contributed by atoms with Crippen molar-refractivity contribution in [1.29, 1.82) is 0 Å². The van der Waals surface area contributed by atoms with Crippen molar-refractivity contribution >= 4 is 11.9 Å². The third-order valence-corrected chi connectivity index (χ3v) is 12.0. The molecule has 5 atom stereocenters. The lowest BCUT2D eigenvalue weighted by Crippen LogP contribution is -2.73. The van der Waals surface area contributed by atoms with E-state index >= 15 is 0 Å². The minimum absolute atomic E-state index is 0.0437. The Bertz CT molecular complexity index is 1570. The molecule has 0 radical (unpaired) electrons. The first-order valence-corrected chi connectivity index (χ1v) is 18.1. The van der Waals surface area contributed by atoms with Crippen molar-refractivity contribution in [2.45, 2.75) is 88.9 Å². The van der Waals surface area contributed by atoms with E-state index in [1.165, 1.54) is 29.3 Å². The third kappa shape index (κ3) is 7.32. The summed E-state index contributed by atoms with van der Waals surface area (Å²) in [6, 6.07) is 24.2. The third-order valence-electron chi connectivity index (χ3n) is 12.0. The fraction of sp³-hybridized carbons (Fsp3) is 0.512. The van der Waals surface area contributed by atoms with E-state index in [1.54, 1.807) is 20.8 Å². The van der Waals surface area contributed by atoms with Crippen molar-refractivity contribution in [3.8, 4) is 0 Å². The molecule has 7 nitrogen and oxygen atoms in total. The van der Waals surface area contributed by atoms with Gasteiger partial charge >= 0.3 is 6.18 Å². The first-order chi connectivity index (χ1) is 24.3. The van der Waals surface area contributed by atoms with Crippen LogP contribution in [-0.4, -0.2) is 61.8 Å². The van der Waals surface area contributed by atoms with Gasteiger partial charge in [-0.25, -0.2) is 0 Å². The minimum Gasteiger partial charge on any atom is -0.549 e. The van der Waals surface area contributed by atoms with E-state index in [1.807, 2.05) is 12.1 Å². The fourth-order valence-corrected chi connectivity index (χ4v) is 9.28. The Morgan fingerprint density at radius 3 is 1.84 bits per heavy atom. The molecule has 2 aliphatic rings. The number of carbonyl (C=O) groups is 2. The van der Waals surface area contributed by atoms with Crippen molar-refractivity contribution in [3.05, 3.63) is 107 Å². The number of nitrogens with zero attached hydrogens (tertiary/aromatic N) is 1. The summed E-state index contributed by atoms with van der Waals surface area (Å²) < 4.78 is 49.1. The molecule has 2 aliphatic heterocycles. The molecule has 2 saturated heterocycles. The highest BCUT2D eigenvalue weighted by molar-refractivity contribution is 5.82. The van der Waals surface area contributed by atoms with Gasteiger partial charge in [-0.05, 0) is 88.2 Å². The number of ether oxygens (including phenoxy) is 1. The molecule has 0 aromatic heterocycles. The summed E-state index contributed by atoms with van der Waals surface area (Å²) >= 11 is 0. The predicted octanol–water partition coefficient (Wildman–Crippen LogP) is 5.32. The Morgan fingerprint density at radius 2 is 1.31 bits per heavy atom. The van der Waals surface area contributed by atoms with Gasteiger partial charge < -0.3 is 34.8 Å². The van der Waals surface area contributed by atoms with Gasteiger partial charge in [-0.3, -0.25) is 0 Å². The van der Waals surface area contributed by atoms with Crippen molar-refractivity contribution in [2.24, 2.45) is 10.8 Å². The number of halogens is 3. The molecule has 2 fully saturated rings. The van der Waals surface area contributed by atoms with E-state index in [4.69, 9.17) is 4.74 Å². The SMILES string of the molecule is CCC1(C(=O)[O-])C(c2ccccc2C(F)(F)F)C(CCCOCCCN2CCC(c3ccccc3)(c3ccccc3)CC2)(C(=O)[O-])C(C)N[C@@H]1C. The molecule has 1 N–H and O–H groups in total. The van der Waals surface area contributed by atoms with Crippen LogP contribution < -0.4 is 15.5 Å². The molecule has 0 aliphatic carbocycles. The van der Waals surface area contributed by atoms with E-state index < -0.39 is 52.5 Å². The normalized spacial score (nSPS) is 26.8. The summed E-state index contributed by atoms with van der Waals surface area (Å²) in [4.78, 5) is 28.6. The van der Waals surface area contributed by atoms with Crippen LogP contribution in [-0.2, 0) is 25.9 Å². The second-order valence-electron chi connectivity index (χ2n) is 14.4. The van der Waals surface area contributed by atoms with Gasteiger partial charge in [-0.15, -0.1) is 0 Å². The number of piperidine rings is 2. The number of nitrogens with one attached hydrogen (secondary N) is 1. The van der Waals surface area contributed by atoms with Crippen LogP contribution in [0.4, 0.5) is 13.2 Å². The lowest BCUT2D eigenvalue weighted by atomic mass is 9.49. The van der Waals surface area contributed by atoms with E-state index in [0.717, 1.165) is 45.0 Å². The van der Waals surface area contributed by atoms with Gasteiger partial charge in [0.1, 0.15) is 0 Å². The monoisotopic (exact) mass is 706 g/mol. The van der Waals surface area contributed by atoms with Crippen molar-refractivity contribution in [3.63, 3.8) is 0 Å². The number of carbonyl (C=O) groups excluding carboxylic acids is 2. The largest absolute Gasteiger partial charge is 0.549 e. The first kappa shape index (κ1) is 38.5. The molecule has 276 valence electrons. The predicted molar refractivity (Wildman–Crippen MR) is 185 cm³/mol. The molecule has 0 saturated carbocycles. The molecule has 3 aromatic rings. The maximum absolute atomic E-state index is 14.4. The smallest absolute Gasteiger partial charge is 0.416 e. The Hall–Kier alpha value is -3.73. The molecule has 3 aromatic carbocycles. The molecule has 10 heteroatoms. The van der Waals surface area contributed by atoms with Gasteiger partial charge in [0.05, 0.1) is 5.56 Å². The van der Waals surface area contributed by atoms with Gasteiger partial charge in [-0.1, -0.05) is 85.8 Å². The average Bonchev–Trinajstić information content (AvgIpc) is 3.12. The molecule has 2 heterocycles. The van der Waals surface area contributed by atoms with Crippen LogP contribution in [0.3, 0.4) is 0 Å². The molecular weight excluding hydrogens is 657 g/mol. The highest BCUT2D eigenvalue weighted by Crippen LogP contribution is 2.59. The number of alkyl halides is 3. The lowest BCUT2D eigenvalue weighted by molar-refractivity contribution is -0.337. The zero-order valence-electron chi connectivity index (χ0n) is 29.7. The zero-order valence-corrected chi connectivity index (χ0v) is 29.7. The summed E-state index contributed by atoms with van der Waals surface area (Å²) in [6.45, 7) is 7.98. The summed E-state index contributed by atoms with van der Waals surface area (Å²) in [6.07, 6.45) is -2.20. The van der Waals surface area contributed by atoms with E-state index in [0.29, 0.717) is 6.61 Å². The molecule has 51 heavy (non-hydrogen) atoms. The summed E-state index contributed by atoms with van der Waals surface area (Å²) in [7, 11) is 0. The number of carboxylic acid groups (broad SMARTS) is 2. The second kappa shape index (κ2) is 15.9. The number of hydrogen-bond donors (Lipinski definition) is 1. The molecule has 4 unspecified atom stereocenters. The first-order valence-electron chi connectivity index (χ1n) is 18.1. The second-order valence-corrected chi connectivity index (χ2v) is 14.4. The van der Waals surface area contributed by atoms with Crippen LogP contribution >= 0.6 is 0 Å². The molecule has 0 spiro atoms.